The fraction of sp³-hybridized carbons (Fsp3) is 0.182. The van der Waals surface area contributed by atoms with Gasteiger partial charge in [0.05, 0.1) is 0 Å². The minimum atomic E-state index is 0.598. The normalized spacial score (nSPS) is 10.7. The summed E-state index contributed by atoms with van der Waals surface area (Å²) in [6, 6.07) is 5.25. The number of hydrogen-bond donors (Lipinski definition) is 1. The molecule has 1 nitrogen and oxygen atoms in total. The van der Waals surface area contributed by atoms with Crippen molar-refractivity contribution in [3.8, 4) is 0 Å². The second-order valence-corrected chi connectivity index (χ2v) is 3.67. The molecule has 1 aromatic carbocycles. The summed E-state index contributed by atoms with van der Waals surface area (Å²) in [7, 11) is 0. The van der Waals surface area contributed by atoms with Gasteiger partial charge in [-0.3, -0.25) is 4.79 Å². The maximum absolute atomic E-state index is 10.4. The van der Waals surface area contributed by atoms with E-state index in [1.54, 1.807) is 12.1 Å². The SMILES string of the molecule is O=Cc1ccc(C=CCCS)c(Cl)c1. The molecule has 0 amide bonds. The number of hydrogen-bond acceptors (Lipinski definition) is 2. The van der Waals surface area contributed by atoms with E-state index in [0.29, 0.717) is 10.6 Å². The van der Waals surface area contributed by atoms with E-state index in [2.05, 4.69) is 12.6 Å². The molecule has 3 heteroatoms. The molecule has 0 bridgehead atoms. The van der Waals surface area contributed by atoms with Crippen molar-refractivity contribution < 1.29 is 4.79 Å². The number of benzene rings is 1. The van der Waals surface area contributed by atoms with E-state index in [4.69, 9.17) is 11.6 Å². The molecule has 0 aliphatic heterocycles. The number of thiol groups is 1. The van der Waals surface area contributed by atoms with Gasteiger partial charge in [0.25, 0.3) is 0 Å². The minimum Gasteiger partial charge on any atom is -0.298 e. The van der Waals surface area contributed by atoms with Crippen molar-refractivity contribution >= 4 is 36.6 Å². The van der Waals surface area contributed by atoms with E-state index in [1.165, 1.54) is 0 Å². The standard InChI is InChI=1S/C11H11ClOS/c12-11-7-9(8-13)4-5-10(11)3-1-2-6-14/h1,3-5,7-8,14H,2,6H2. The van der Waals surface area contributed by atoms with Gasteiger partial charge >= 0.3 is 0 Å². The van der Waals surface area contributed by atoms with Crippen molar-refractivity contribution in [2.45, 2.75) is 6.42 Å². The summed E-state index contributed by atoms with van der Waals surface area (Å²) in [5.41, 5.74) is 1.53. The fourth-order valence-electron chi connectivity index (χ4n) is 1.04. The Labute approximate surface area is 94.2 Å². The Kier molecular flexibility index (Phi) is 4.77. The summed E-state index contributed by atoms with van der Waals surface area (Å²) in [6.45, 7) is 0. The molecule has 14 heavy (non-hydrogen) atoms. The van der Waals surface area contributed by atoms with Gasteiger partial charge in [-0.2, -0.15) is 12.6 Å². The summed E-state index contributed by atoms with van der Waals surface area (Å²) >= 11 is 10.1. The summed E-state index contributed by atoms with van der Waals surface area (Å²) in [6.07, 6.45) is 5.64. The first-order valence-corrected chi connectivity index (χ1v) is 5.31. The largest absolute Gasteiger partial charge is 0.298 e. The zero-order valence-electron chi connectivity index (χ0n) is 7.61. The predicted octanol–water partition coefficient (Wildman–Crippen LogP) is 3.49. The van der Waals surface area contributed by atoms with Gasteiger partial charge in [0.1, 0.15) is 6.29 Å². The Morgan fingerprint density at radius 1 is 1.43 bits per heavy atom. The minimum absolute atomic E-state index is 0.598. The van der Waals surface area contributed by atoms with Crippen LogP contribution < -0.4 is 0 Å². The van der Waals surface area contributed by atoms with Crippen LogP contribution in [0.2, 0.25) is 5.02 Å². The lowest BCUT2D eigenvalue weighted by molar-refractivity contribution is 0.112. The van der Waals surface area contributed by atoms with Gasteiger partial charge in [-0.25, -0.2) is 0 Å². The van der Waals surface area contributed by atoms with E-state index >= 15 is 0 Å². The lowest BCUT2D eigenvalue weighted by Gasteiger charge is -1.98. The molecule has 0 saturated heterocycles. The average Bonchev–Trinajstić information content (AvgIpc) is 2.20. The van der Waals surface area contributed by atoms with Gasteiger partial charge in [0.2, 0.25) is 0 Å². The van der Waals surface area contributed by atoms with E-state index in [0.717, 1.165) is 24.0 Å². The Morgan fingerprint density at radius 2 is 2.21 bits per heavy atom. The van der Waals surface area contributed by atoms with Crippen molar-refractivity contribution in [1.29, 1.82) is 0 Å². The molecule has 74 valence electrons. The van der Waals surface area contributed by atoms with Gasteiger partial charge < -0.3 is 0 Å². The van der Waals surface area contributed by atoms with Crippen LogP contribution in [-0.4, -0.2) is 12.0 Å². The molecule has 0 aliphatic carbocycles. The number of carbonyl (C=O) groups is 1. The first-order valence-electron chi connectivity index (χ1n) is 4.30. The zero-order valence-corrected chi connectivity index (χ0v) is 9.26. The third-order valence-corrected chi connectivity index (χ3v) is 2.34. The molecule has 0 aliphatic rings. The van der Waals surface area contributed by atoms with Gasteiger partial charge in [-0.15, -0.1) is 0 Å². The molecule has 1 rings (SSSR count). The Bertz CT molecular complexity index is 347. The van der Waals surface area contributed by atoms with Crippen LogP contribution in [0.5, 0.6) is 0 Å². The monoisotopic (exact) mass is 226 g/mol. The maximum atomic E-state index is 10.4. The lowest BCUT2D eigenvalue weighted by atomic mass is 10.1. The molecule has 1 aromatic rings. The summed E-state index contributed by atoms with van der Waals surface area (Å²) < 4.78 is 0. The maximum Gasteiger partial charge on any atom is 0.150 e. The quantitative estimate of drug-likeness (QED) is 0.615. The molecule has 0 unspecified atom stereocenters. The van der Waals surface area contributed by atoms with Crippen molar-refractivity contribution in [3.63, 3.8) is 0 Å². The van der Waals surface area contributed by atoms with E-state index in [1.807, 2.05) is 18.2 Å². The number of carbonyl (C=O) groups excluding carboxylic acids is 1. The van der Waals surface area contributed by atoms with Crippen LogP contribution in [0.4, 0.5) is 0 Å². The number of allylic oxidation sites excluding steroid dienone is 1. The Morgan fingerprint density at radius 3 is 2.79 bits per heavy atom. The zero-order chi connectivity index (χ0) is 10.4. The third-order valence-electron chi connectivity index (χ3n) is 1.75. The highest BCUT2D eigenvalue weighted by Gasteiger charge is 1.97. The topological polar surface area (TPSA) is 17.1 Å². The van der Waals surface area contributed by atoms with E-state index < -0.39 is 0 Å². The van der Waals surface area contributed by atoms with Crippen LogP contribution in [0.25, 0.3) is 6.08 Å². The second-order valence-electron chi connectivity index (χ2n) is 2.81. The smallest absolute Gasteiger partial charge is 0.150 e. The number of aldehydes is 1. The van der Waals surface area contributed by atoms with Crippen LogP contribution in [-0.2, 0) is 0 Å². The molecule has 0 heterocycles. The van der Waals surface area contributed by atoms with Gasteiger partial charge in [-0.05, 0) is 23.8 Å². The molecule has 0 saturated carbocycles. The summed E-state index contributed by atoms with van der Waals surface area (Å²) in [5, 5.41) is 0.602. The Hall–Kier alpha value is -0.730. The highest BCUT2D eigenvalue weighted by atomic mass is 35.5. The summed E-state index contributed by atoms with van der Waals surface area (Å²) in [4.78, 5) is 10.4. The van der Waals surface area contributed by atoms with Gasteiger partial charge in [-0.1, -0.05) is 35.9 Å². The summed E-state index contributed by atoms with van der Waals surface area (Å²) in [5.74, 6) is 0.820. The van der Waals surface area contributed by atoms with Crippen LogP contribution in [0, 0.1) is 0 Å². The number of rotatable bonds is 4. The highest BCUT2D eigenvalue weighted by molar-refractivity contribution is 7.80. The van der Waals surface area contributed by atoms with Crippen molar-refractivity contribution in [2.24, 2.45) is 0 Å². The fourth-order valence-corrected chi connectivity index (χ4v) is 1.44. The molecular weight excluding hydrogens is 216 g/mol. The molecule has 0 fully saturated rings. The first kappa shape index (κ1) is 11.3. The first-order chi connectivity index (χ1) is 6.77. The molecule has 0 aromatic heterocycles. The Balaban J connectivity index is 2.83. The highest BCUT2D eigenvalue weighted by Crippen LogP contribution is 2.18. The van der Waals surface area contributed by atoms with Crippen LogP contribution in [0.1, 0.15) is 22.3 Å². The molecule has 0 N–H and O–H groups in total. The van der Waals surface area contributed by atoms with Crippen molar-refractivity contribution in [2.75, 3.05) is 5.75 Å². The van der Waals surface area contributed by atoms with E-state index in [-0.39, 0.29) is 0 Å². The lowest BCUT2D eigenvalue weighted by Crippen LogP contribution is -1.81. The van der Waals surface area contributed by atoms with Crippen molar-refractivity contribution in [3.05, 3.63) is 40.4 Å². The van der Waals surface area contributed by atoms with Gasteiger partial charge in [0, 0.05) is 10.6 Å². The molecule has 0 atom stereocenters. The van der Waals surface area contributed by atoms with Gasteiger partial charge in [0.15, 0.2) is 0 Å². The average molecular weight is 227 g/mol. The predicted molar refractivity (Wildman–Crippen MR) is 64.3 cm³/mol. The van der Waals surface area contributed by atoms with Crippen LogP contribution in [0.3, 0.4) is 0 Å². The second kappa shape index (κ2) is 5.89. The van der Waals surface area contributed by atoms with E-state index in [9.17, 15) is 4.79 Å². The third kappa shape index (κ3) is 3.20. The van der Waals surface area contributed by atoms with Crippen LogP contribution >= 0.6 is 24.2 Å². The molecule has 0 radical (unpaired) electrons. The van der Waals surface area contributed by atoms with Crippen molar-refractivity contribution in [1.82, 2.24) is 0 Å². The molecule has 0 spiro atoms. The number of halogens is 1. The van der Waals surface area contributed by atoms with Crippen LogP contribution in [0.15, 0.2) is 24.3 Å². The molecular formula is C11H11ClOS.